The van der Waals surface area contributed by atoms with Crippen molar-refractivity contribution in [3.63, 3.8) is 0 Å². The van der Waals surface area contributed by atoms with E-state index in [2.05, 4.69) is 4.98 Å². The van der Waals surface area contributed by atoms with Crippen molar-refractivity contribution in [1.29, 1.82) is 0 Å². The lowest BCUT2D eigenvalue weighted by atomic mass is 10.3. The highest BCUT2D eigenvalue weighted by atomic mass is 32.2. The number of rotatable bonds is 2. The number of halogens is 2. The van der Waals surface area contributed by atoms with E-state index in [0.29, 0.717) is 10.6 Å². The summed E-state index contributed by atoms with van der Waals surface area (Å²) in [6.45, 7) is 0. The topological polar surface area (TPSA) is 38.9 Å². The molecule has 2 aromatic rings. The van der Waals surface area contributed by atoms with Gasteiger partial charge < -0.3 is 5.73 Å². The van der Waals surface area contributed by atoms with Gasteiger partial charge in [-0.25, -0.2) is 8.78 Å². The maximum absolute atomic E-state index is 13.0. The maximum Gasteiger partial charge on any atom is 0.159 e. The maximum atomic E-state index is 13.0. The lowest BCUT2D eigenvalue weighted by molar-refractivity contribution is 0.506. The van der Waals surface area contributed by atoms with E-state index in [4.69, 9.17) is 5.73 Å². The molecule has 0 fully saturated rings. The molecule has 0 aliphatic carbocycles. The molecule has 0 spiro atoms. The van der Waals surface area contributed by atoms with Crippen LogP contribution in [0.5, 0.6) is 0 Å². The van der Waals surface area contributed by atoms with Crippen LogP contribution in [0.1, 0.15) is 0 Å². The molecule has 2 N–H and O–H groups in total. The molecule has 5 heteroatoms. The summed E-state index contributed by atoms with van der Waals surface area (Å²) in [4.78, 5) is 5.20. The van der Waals surface area contributed by atoms with Crippen LogP contribution in [0.25, 0.3) is 0 Å². The molecule has 1 aromatic heterocycles. The van der Waals surface area contributed by atoms with Gasteiger partial charge in [0.25, 0.3) is 0 Å². The summed E-state index contributed by atoms with van der Waals surface area (Å²) < 4.78 is 25.6. The van der Waals surface area contributed by atoms with Gasteiger partial charge in [-0.05, 0) is 24.3 Å². The fourth-order valence-corrected chi connectivity index (χ4v) is 2.01. The van der Waals surface area contributed by atoms with Crippen LogP contribution >= 0.6 is 11.8 Å². The fraction of sp³-hybridized carbons (Fsp3) is 0. The standard InChI is InChI=1S/C11H8F2N2S/c12-8-2-1-7(5-9(8)13)16-11-3-4-15-6-10(11)14/h1-6H,14H2. The van der Waals surface area contributed by atoms with Crippen molar-refractivity contribution in [2.75, 3.05) is 5.73 Å². The van der Waals surface area contributed by atoms with Gasteiger partial charge in [0.2, 0.25) is 0 Å². The summed E-state index contributed by atoms with van der Waals surface area (Å²) in [7, 11) is 0. The number of nitrogen functional groups attached to an aromatic ring is 1. The molecule has 0 bridgehead atoms. The van der Waals surface area contributed by atoms with Crippen LogP contribution in [0.15, 0.2) is 46.5 Å². The molecule has 0 radical (unpaired) electrons. The lowest BCUT2D eigenvalue weighted by Gasteiger charge is -2.04. The zero-order chi connectivity index (χ0) is 11.5. The van der Waals surface area contributed by atoms with Crippen molar-refractivity contribution in [2.24, 2.45) is 0 Å². The zero-order valence-electron chi connectivity index (χ0n) is 8.15. The van der Waals surface area contributed by atoms with Gasteiger partial charge in [0, 0.05) is 16.0 Å². The first-order chi connectivity index (χ1) is 7.66. The Kier molecular flexibility index (Phi) is 3.05. The van der Waals surface area contributed by atoms with E-state index in [1.807, 2.05) is 0 Å². The van der Waals surface area contributed by atoms with Crippen LogP contribution in [0.2, 0.25) is 0 Å². The minimum absolute atomic E-state index is 0.511. The second-order valence-corrected chi connectivity index (χ2v) is 4.21. The van der Waals surface area contributed by atoms with E-state index < -0.39 is 11.6 Å². The van der Waals surface area contributed by atoms with Crippen molar-refractivity contribution in [3.8, 4) is 0 Å². The normalized spacial score (nSPS) is 10.4. The monoisotopic (exact) mass is 238 g/mol. The van der Waals surface area contributed by atoms with Gasteiger partial charge >= 0.3 is 0 Å². The van der Waals surface area contributed by atoms with Gasteiger partial charge in [0.15, 0.2) is 11.6 Å². The highest BCUT2D eigenvalue weighted by Crippen LogP contribution is 2.31. The highest BCUT2D eigenvalue weighted by Gasteiger charge is 2.05. The van der Waals surface area contributed by atoms with Gasteiger partial charge in [-0.2, -0.15) is 0 Å². The quantitative estimate of drug-likeness (QED) is 0.873. The molecule has 0 aliphatic rings. The average Bonchev–Trinajstić information content (AvgIpc) is 2.27. The minimum atomic E-state index is -0.863. The number of nitrogens with two attached hydrogens (primary N) is 1. The van der Waals surface area contributed by atoms with Crippen molar-refractivity contribution in [2.45, 2.75) is 9.79 Å². The van der Waals surface area contributed by atoms with E-state index in [9.17, 15) is 8.78 Å². The first-order valence-electron chi connectivity index (χ1n) is 4.49. The Morgan fingerprint density at radius 3 is 2.62 bits per heavy atom. The van der Waals surface area contributed by atoms with Crippen LogP contribution < -0.4 is 5.73 Å². The molecule has 0 amide bonds. The molecule has 0 unspecified atom stereocenters. The first-order valence-corrected chi connectivity index (χ1v) is 5.31. The van der Waals surface area contributed by atoms with Crippen LogP contribution in [-0.4, -0.2) is 4.98 Å². The molecule has 0 aliphatic heterocycles. The minimum Gasteiger partial charge on any atom is -0.397 e. The Bertz CT molecular complexity index is 517. The van der Waals surface area contributed by atoms with Gasteiger partial charge in [0.05, 0.1) is 11.9 Å². The number of nitrogens with zero attached hydrogens (tertiary/aromatic N) is 1. The van der Waals surface area contributed by atoms with E-state index in [1.54, 1.807) is 12.3 Å². The smallest absolute Gasteiger partial charge is 0.159 e. The predicted octanol–water partition coefficient (Wildman–Crippen LogP) is 3.09. The molecule has 1 aromatic carbocycles. The molecule has 0 saturated heterocycles. The predicted molar refractivity (Wildman–Crippen MR) is 59.1 cm³/mol. The molecule has 82 valence electrons. The second-order valence-electron chi connectivity index (χ2n) is 3.09. The zero-order valence-corrected chi connectivity index (χ0v) is 8.97. The summed E-state index contributed by atoms with van der Waals surface area (Å²) in [5.41, 5.74) is 6.20. The number of hydrogen-bond acceptors (Lipinski definition) is 3. The van der Waals surface area contributed by atoms with E-state index in [-0.39, 0.29) is 0 Å². The van der Waals surface area contributed by atoms with Crippen LogP contribution in [0, 0.1) is 11.6 Å². The Labute approximate surface area is 95.5 Å². The number of hydrogen-bond donors (Lipinski definition) is 1. The summed E-state index contributed by atoms with van der Waals surface area (Å²) in [6.07, 6.45) is 3.11. The average molecular weight is 238 g/mol. The number of benzene rings is 1. The fourth-order valence-electron chi connectivity index (χ4n) is 1.15. The third kappa shape index (κ3) is 2.30. The third-order valence-electron chi connectivity index (χ3n) is 1.93. The van der Waals surface area contributed by atoms with Gasteiger partial charge in [-0.1, -0.05) is 11.8 Å². The Balaban J connectivity index is 2.28. The summed E-state index contributed by atoms with van der Waals surface area (Å²) in [5.74, 6) is -1.72. The molecular formula is C11H8F2N2S. The largest absolute Gasteiger partial charge is 0.397 e. The molecule has 0 atom stereocenters. The molecule has 1 heterocycles. The molecule has 2 nitrogen and oxygen atoms in total. The Hall–Kier alpha value is -1.62. The summed E-state index contributed by atoms with van der Waals surface area (Å²) in [6, 6.07) is 5.46. The van der Waals surface area contributed by atoms with Crippen molar-refractivity contribution >= 4 is 17.4 Å². The summed E-state index contributed by atoms with van der Waals surface area (Å²) >= 11 is 1.27. The van der Waals surface area contributed by atoms with Crippen LogP contribution in [0.3, 0.4) is 0 Å². The Morgan fingerprint density at radius 2 is 1.94 bits per heavy atom. The molecule has 0 saturated carbocycles. The lowest BCUT2D eigenvalue weighted by Crippen LogP contribution is -1.89. The number of anilines is 1. The van der Waals surface area contributed by atoms with Gasteiger partial charge in [0.1, 0.15) is 0 Å². The summed E-state index contributed by atoms with van der Waals surface area (Å²) in [5, 5.41) is 0. The highest BCUT2D eigenvalue weighted by molar-refractivity contribution is 7.99. The molecular weight excluding hydrogens is 230 g/mol. The van der Waals surface area contributed by atoms with E-state index >= 15 is 0 Å². The Morgan fingerprint density at radius 1 is 1.12 bits per heavy atom. The van der Waals surface area contributed by atoms with E-state index in [1.165, 1.54) is 24.0 Å². The number of pyridine rings is 1. The van der Waals surface area contributed by atoms with Crippen molar-refractivity contribution in [1.82, 2.24) is 4.98 Å². The first kappa shape index (κ1) is 10.9. The van der Waals surface area contributed by atoms with Crippen LogP contribution in [0.4, 0.5) is 14.5 Å². The SMILES string of the molecule is Nc1cnccc1Sc1ccc(F)c(F)c1. The van der Waals surface area contributed by atoms with Crippen LogP contribution in [-0.2, 0) is 0 Å². The van der Waals surface area contributed by atoms with Gasteiger partial charge in [-0.3, -0.25) is 4.98 Å². The van der Waals surface area contributed by atoms with Crippen molar-refractivity contribution in [3.05, 3.63) is 48.3 Å². The van der Waals surface area contributed by atoms with Gasteiger partial charge in [-0.15, -0.1) is 0 Å². The number of aromatic nitrogens is 1. The second kappa shape index (κ2) is 4.49. The molecule has 2 rings (SSSR count). The molecule has 16 heavy (non-hydrogen) atoms. The van der Waals surface area contributed by atoms with E-state index in [0.717, 1.165) is 17.0 Å². The van der Waals surface area contributed by atoms with Crippen molar-refractivity contribution < 1.29 is 8.78 Å². The third-order valence-corrected chi connectivity index (χ3v) is 3.01.